The Morgan fingerprint density at radius 2 is 1.36 bits per heavy atom. The van der Waals surface area contributed by atoms with Crippen molar-refractivity contribution in [3.63, 3.8) is 0 Å². The van der Waals surface area contributed by atoms with Gasteiger partial charge in [-0.15, -0.1) is 40.8 Å². The Hall–Kier alpha value is -19.8. The molecule has 24 rings (SSSR count). The maximum Gasteiger partial charge on any atom is 0.356 e. The SMILES string of the molecule is CC(=O)Nc1ccc(Sc2nnc(C)c(Nn3ncc4ccccc43)n2)cc1.COC(=O)c1cc(Nc2n[nH]nc2C)nc(Cc2ccc3[nH]ncc3c2)n1.Cc1cnn(Nc2nc(Nc3ccc(C#N)cc3)nnc2C2CC2)c1.Cc1nc2ccc(-c3nc4c(c(Nc5n[nH]nc5C)n3)CCCC4)cc2o1.Clc1cccc(-c2nncc(Nn3cccn3)n2)c1.c1ccc2[nH]c(Cc3nccc(Nc4cn[nH]n4)n3)nc2c1. The van der Waals surface area contributed by atoms with E-state index in [4.69, 9.17) is 36.0 Å². The number of hydrogen-bond acceptors (Lipinski definition) is 40. The zero-order chi connectivity index (χ0) is 102. The van der Waals surface area contributed by atoms with E-state index < -0.39 is 5.97 Å². The molecule has 0 atom stereocenters. The molecular weight excluding hydrogens is 1920 g/mol. The van der Waals surface area contributed by atoms with Gasteiger partial charge in [0.25, 0.3) is 0 Å². The quantitative estimate of drug-likeness (QED) is 0.0236. The van der Waals surface area contributed by atoms with Crippen LogP contribution in [-0.4, -0.2) is 195 Å². The van der Waals surface area contributed by atoms with Gasteiger partial charge in [0.2, 0.25) is 17.0 Å². The van der Waals surface area contributed by atoms with Crippen LogP contribution in [0.15, 0.2) is 246 Å². The number of fused-ring (bicyclic) bond motifs is 5. The summed E-state index contributed by atoms with van der Waals surface area (Å²) in [5, 5.41) is 103. The number of esters is 1. The summed E-state index contributed by atoms with van der Waals surface area (Å²) >= 11 is 7.33. The molecule has 2 aliphatic carbocycles. The molecule has 2 aliphatic rings. The first-order valence-corrected chi connectivity index (χ1v) is 47.3. The number of para-hydroxylation sites is 3. The summed E-state index contributed by atoms with van der Waals surface area (Å²) in [6.07, 6.45) is 22.8. The Bertz CT molecular complexity index is 8390. The van der Waals surface area contributed by atoms with E-state index in [0.717, 1.165) is 150 Å². The zero-order valence-electron chi connectivity index (χ0n) is 80.0. The van der Waals surface area contributed by atoms with Crippen LogP contribution in [-0.2, 0) is 35.2 Å². The number of oxazole rings is 1. The molecular formula is C98H89ClN44O4S. The lowest BCUT2D eigenvalue weighted by Gasteiger charge is -2.19. The summed E-state index contributed by atoms with van der Waals surface area (Å²) in [6.45, 7) is 10.8. The van der Waals surface area contributed by atoms with Gasteiger partial charge >= 0.3 is 5.97 Å². The van der Waals surface area contributed by atoms with Crippen LogP contribution in [0.5, 0.6) is 0 Å². The van der Waals surface area contributed by atoms with E-state index >= 15 is 0 Å². The van der Waals surface area contributed by atoms with Gasteiger partial charge in [-0.3, -0.25) is 26.2 Å². The normalized spacial score (nSPS) is 11.7. The Labute approximate surface area is 848 Å². The lowest BCUT2D eigenvalue weighted by atomic mass is 9.96. The number of methoxy groups -OCH3 is 1. The molecule has 13 N–H and O–H groups in total. The summed E-state index contributed by atoms with van der Waals surface area (Å²) in [5.74, 6) is 9.46. The minimum Gasteiger partial charge on any atom is -0.464 e. The number of hydrogen-bond donors (Lipinski definition) is 13. The standard InChI is InChI=1S/C19H17N7OS.C19H19N7O.C17H16N8O2.C17H16N8.C14H12N8.C12H9ClN6/c1-12-18(25-26-17-6-4-3-5-14(17)11-20-26)22-19(24-23-12)28-16-9-7-15(8-10-16)21-13(2)27;1-10-17(25-26-24-10)22-19-13-5-3-4-6-14(13)21-18(23-19)12-7-8-15-16(9-12)27-11(2)20-15;1-9-16(24-25-22-9)21-15-7-13(17(26)27-2)19-14(20-15)6-10-3-4-12-11(5-10)8-18-23-12;1-11-9-19-25(10-11)24-16-15(13-4-5-13)22-23-17(21-16)20-14-6-2-12(8-18)3-7-14;1-2-4-10-9(3-1)17-13(18-10)7-12-15-6-5-11(19-12)20-14-8-16-22-21-14;13-10-4-1-3-9(7-10)12-16-11(8-14-17-12)18-19-6-2-5-15-19/h3-11H,1-2H3,(H,21,27)(H,22,24,25);7-9H,3-6H2,1-2H3,(H2,21,22,23,24,25,26);3-5,7-8H,6H2,1-2H3,(H,18,23)(H2,19,20,21,22,24,25);2-3,6-7,9-10,13H,4-5H2,1H3,(H2,20,21,23,24);1-6,8H,7H2,(H,17,18)(H2,15,16,19,20,21,22);1-8H,(H,16,17,18). The van der Waals surface area contributed by atoms with Crippen molar-refractivity contribution in [2.24, 2.45) is 0 Å². The number of anilines is 12. The molecule has 22 aromatic rings. The molecule has 148 heavy (non-hydrogen) atoms. The van der Waals surface area contributed by atoms with E-state index in [-0.39, 0.29) is 11.6 Å². The van der Waals surface area contributed by atoms with E-state index in [1.165, 1.54) is 48.4 Å². The number of carbonyl (C=O) groups excluding carboxylic acids is 2. The molecule has 1 amide bonds. The molecule has 50 heteroatoms. The molecule has 0 unspecified atom stereocenters. The Morgan fingerprint density at radius 3 is 2.14 bits per heavy atom. The summed E-state index contributed by atoms with van der Waals surface area (Å²) in [6, 6.07) is 56.6. The Kier molecular flexibility index (Phi) is 29.8. The van der Waals surface area contributed by atoms with Gasteiger partial charge in [0.1, 0.15) is 63.2 Å². The van der Waals surface area contributed by atoms with Crippen molar-refractivity contribution >= 4 is 149 Å². The topological polar surface area (TPSA) is 618 Å². The first-order valence-electron chi connectivity index (χ1n) is 46.1. The highest BCUT2D eigenvalue weighted by Gasteiger charge is 2.31. The number of imidazole rings is 1. The summed E-state index contributed by atoms with van der Waals surface area (Å²) < 4.78 is 10.5. The Balaban J connectivity index is 0.000000112. The van der Waals surface area contributed by atoms with Gasteiger partial charge in [-0.2, -0.15) is 86.0 Å². The summed E-state index contributed by atoms with van der Waals surface area (Å²) in [7, 11) is 1.31. The van der Waals surface area contributed by atoms with Gasteiger partial charge < -0.3 is 40.7 Å². The number of amides is 1. The lowest BCUT2D eigenvalue weighted by molar-refractivity contribution is -0.114. The fourth-order valence-electron chi connectivity index (χ4n) is 15.0. The molecule has 1 fully saturated rings. The van der Waals surface area contributed by atoms with Gasteiger partial charge in [-0.25, -0.2) is 49.7 Å². The maximum absolute atomic E-state index is 12.0. The van der Waals surface area contributed by atoms with E-state index in [1.807, 2.05) is 155 Å². The van der Waals surface area contributed by atoms with Crippen LogP contribution in [0.4, 0.5) is 69.7 Å². The minimum atomic E-state index is -0.538. The average Bonchev–Trinajstić information content (AvgIpc) is 1.12. The van der Waals surface area contributed by atoms with Crippen LogP contribution >= 0.6 is 23.4 Å². The number of H-pyrrole nitrogens is 5. The van der Waals surface area contributed by atoms with Crippen LogP contribution in [0.1, 0.15) is 123 Å². The third-order valence-electron chi connectivity index (χ3n) is 22.2. The number of aromatic nitrogens is 35. The van der Waals surface area contributed by atoms with E-state index in [1.54, 1.807) is 108 Å². The van der Waals surface area contributed by atoms with Crippen LogP contribution in [0.2, 0.25) is 5.02 Å². The number of nitrogens with one attached hydrogen (secondary N) is 13. The molecule has 48 nitrogen and oxygen atoms in total. The number of rotatable bonds is 25. The Morgan fingerprint density at radius 1 is 0.554 bits per heavy atom. The molecule has 15 heterocycles. The number of aryl methyl sites for hydroxylation is 6. The fourth-order valence-corrected chi connectivity index (χ4v) is 15.8. The van der Waals surface area contributed by atoms with Crippen molar-refractivity contribution < 1.29 is 18.7 Å². The second kappa shape index (κ2) is 45.4. The van der Waals surface area contributed by atoms with Crippen molar-refractivity contribution in [1.82, 2.24) is 176 Å². The molecule has 0 spiro atoms. The second-order valence-electron chi connectivity index (χ2n) is 33.3. The predicted molar refractivity (Wildman–Crippen MR) is 550 cm³/mol. The summed E-state index contributed by atoms with van der Waals surface area (Å²) in [5.41, 5.74) is 26.1. The van der Waals surface area contributed by atoms with Gasteiger partial charge in [0.15, 0.2) is 63.7 Å². The van der Waals surface area contributed by atoms with Crippen molar-refractivity contribution in [2.45, 2.75) is 109 Å². The number of benzene rings is 7. The third kappa shape index (κ3) is 25.2. The van der Waals surface area contributed by atoms with Crippen LogP contribution < -0.4 is 42.9 Å². The van der Waals surface area contributed by atoms with Crippen LogP contribution in [0.25, 0.3) is 66.7 Å². The van der Waals surface area contributed by atoms with Gasteiger partial charge in [-0.1, -0.05) is 60.1 Å². The zero-order valence-corrected chi connectivity index (χ0v) is 81.5. The largest absolute Gasteiger partial charge is 0.464 e. The molecule has 0 aliphatic heterocycles. The number of nitrogens with zero attached hydrogens (tertiary/aromatic N) is 31. The molecule has 1 saturated carbocycles. The van der Waals surface area contributed by atoms with Gasteiger partial charge in [0, 0.05) is 99.1 Å². The number of ether oxygens (including phenoxy) is 1. The first kappa shape index (κ1) is 97.0. The number of halogens is 1. The van der Waals surface area contributed by atoms with Gasteiger partial charge in [0.05, 0.1) is 90.6 Å². The smallest absolute Gasteiger partial charge is 0.356 e. The predicted octanol–water partition coefficient (Wildman–Crippen LogP) is 15.9. The van der Waals surface area contributed by atoms with Crippen molar-refractivity contribution in [1.29, 1.82) is 5.26 Å². The maximum atomic E-state index is 12.0. The van der Waals surface area contributed by atoms with Crippen LogP contribution in [0.3, 0.4) is 0 Å². The van der Waals surface area contributed by atoms with Crippen molar-refractivity contribution in [3.8, 4) is 28.8 Å². The molecule has 0 saturated heterocycles. The number of nitriles is 1. The highest BCUT2D eigenvalue weighted by Crippen LogP contribution is 2.42. The van der Waals surface area contributed by atoms with E-state index in [2.05, 4.69) is 201 Å². The number of aromatic amines is 5. The van der Waals surface area contributed by atoms with Crippen molar-refractivity contribution in [2.75, 3.05) is 50.0 Å². The van der Waals surface area contributed by atoms with Crippen molar-refractivity contribution in [3.05, 3.63) is 317 Å². The molecule has 0 radical (unpaired) electrons. The fraction of sp³-hybridized carbons (Fsp3) is 0.163. The molecule has 15 aromatic heterocycles. The minimum absolute atomic E-state index is 0.103. The molecule has 7 aromatic carbocycles. The number of carbonyl (C=O) groups is 2. The van der Waals surface area contributed by atoms with Crippen LogP contribution in [0, 0.1) is 45.9 Å². The average molecular weight is 2010 g/mol. The monoisotopic (exact) mass is 2010 g/mol. The first-order chi connectivity index (χ1) is 72.3. The third-order valence-corrected chi connectivity index (χ3v) is 23.3. The highest BCUT2D eigenvalue weighted by atomic mass is 35.5. The molecule has 0 bridgehead atoms. The highest BCUT2D eigenvalue weighted by molar-refractivity contribution is 7.99. The molecule has 738 valence electrons. The summed E-state index contributed by atoms with van der Waals surface area (Å²) in [4.78, 5) is 81.7. The van der Waals surface area contributed by atoms with Gasteiger partial charge in [-0.05, 0) is 210 Å². The van der Waals surface area contributed by atoms with E-state index in [0.29, 0.717) is 128 Å². The second-order valence-corrected chi connectivity index (χ2v) is 34.7. The van der Waals surface area contributed by atoms with E-state index in [9.17, 15) is 9.59 Å². The lowest BCUT2D eigenvalue weighted by Crippen LogP contribution is -2.15.